The summed E-state index contributed by atoms with van der Waals surface area (Å²) in [6.07, 6.45) is 1.97. The van der Waals surface area contributed by atoms with E-state index >= 15 is 0 Å². The van der Waals surface area contributed by atoms with Crippen molar-refractivity contribution in [3.8, 4) is 34.5 Å². The average molecular weight is 379 g/mol. The Balaban J connectivity index is 1.38. The second kappa shape index (κ2) is 6.56. The van der Waals surface area contributed by atoms with Crippen molar-refractivity contribution in [2.45, 2.75) is 19.1 Å². The van der Waals surface area contributed by atoms with E-state index in [-0.39, 0.29) is 30.0 Å². The maximum absolute atomic E-state index is 12.4. The summed E-state index contributed by atoms with van der Waals surface area (Å²) in [5, 5.41) is 9.71. The molecule has 8 heteroatoms. The van der Waals surface area contributed by atoms with Crippen LogP contribution in [0.2, 0.25) is 0 Å². The summed E-state index contributed by atoms with van der Waals surface area (Å²) < 4.78 is 18.8. The summed E-state index contributed by atoms with van der Waals surface area (Å²) in [6.45, 7) is 1.00. The van der Waals surface area contributed by atoms with Gasteiger partial charge < -0.3 is 19.3 Å². The number of aryl methyl sites for hydroxylation is 1. The molecule has 0 saturated heterocycles. The zero-order chi connectivity index (χ0) is 19.1. The molecule has 1 unspecified atom stereocenters. The highest BCUT2D eigenvalue weighted by molar-refractivity contribution is 5.67. The number of phenols is 1. The van der Waals surface area contributed by atoms with Gasteiger partial charge in [0.2, 0.25) is 5.88 Å². The molecule has 1 N–H and O–H groups in total. The fraction of sp³-hybridized carbons (Fsp3) is 0.250. The SMILES string of the molecule is O=c1nc(OCC2COc3ncccc3O2)cc2n1CCc1cc(O)ccc1-2. The predicted molar refractivity (Wildman–Crippen MR) is 98.9 cm³/mol. The Hall–Kier alpha value is -3.55. The number of fused-ring (bicyclic) bond motifs is 4. The van der Waals surface area contributed by atoms with E-state index in [2.05, 4.69) is 9.97 Å². The highest BCUT2D eigenvalue weighted by atomic mass is 16.6. The van der Waals surface area contributed by atoms with Gasteiger partial charge >= 0.3 is 5.69 Å². The monoisotopic (exact) mass is 379 g/mol. The first-order valence-corrected chi connectivity index (χ1v) is 8.99. The quantitative estimate of drug-likeness (QED) is 0.741. The van der Waals surface area contributed by atoms with Gasteiger partial charge in [0.25, 0.3) is 5.88 Å². The summed E-state index contributed by atoms with van der Waals surface area (Å²) in [5.41, 5.74) is 2.25. The number of phenolic OH excluding ortho intramolecular Hbond substituents is 1. The smallest absolute Gasteiger partial charge is 0.351 e. The molecule has 142 valence electrons. The third kappa shape index (κ3) is 2.92. The normalized spacial score (nSPS) is 16.8. The van der Waals surface area contributed by atoms with Gasteiger partial charge in [-0.05, 0) is 42.3 Å². The van der Waals surface area contributed by atoms with Gasteiger partial charge in [0, 0.05) is 24.4 Å². The van der Waals surface area contributed by atoms with E-state index in [1.807, 2.05) is 0 Å². The summed E-state index contributed by atoms with van der Waals surface area (Å²) in [7, 11) is 0. The molecule has 3 aromatic rings. The van der Waals surface area contributed by atoms with Crippen LogP contribution in [0.1, 0.15) is 5.56 Å². The van der Waals surface area contributed by atoms with Crippen LogP contribution in [-0.2, 0) is 13.0 Å². The Bertz CT molecular complexity index is 1110. The van der Waals surface area contributed by atoms with Crippen LogP contribution < -0.4 is 19.9 Å². The van der Waals surface area contributed by atoms with E-state index < -0.39 is 0 Å². The Labute approximate surface area is 160 Å². The molecule has 0 radical (unpaired) electrons. The number of hydrogen-bond acceptors (Lipinski definition) is 7. The van der Waals surface area contributed by atoms with Gasteiger partial charge in [0.15, 0.2) is 11.9 Å². The molecule has 1 atom stereocenters. The molecule has 2 aliphatic rings. The maximum atomic E-state index is 12.4. The Kier molecular flexibility index (Phi) is 3.89. The lowest BCUT2D eigenvalue weighted by molar-refractivity contribution is 0.0486. The fourth-order valence-electron chi connectivity index (χ4n) is 3.49. The number of aromatic nitrogens is 3. The summed E-state index contributed by atoms with van der Waals surface area (Å²) >= 11 is 0. The molecule has 0 amide bonds. The Morgan fingerprint density at radius 2 is 2.21 bits per heavy atom. The van der Waals surface area contributed by atoms with Crippen LogP contribution >= 0.6 is 0 Å². The highest BCUT2D eigenvalue weighted by Crippen LogP contribution is 2.32. The number of pyridine rings is 1. The molecule has 28 heavy (non-hydrogen) atoms. The Morgan fingerprint density at radius 1 is 1.29 bits per heavy atom. The predicted octanol–water partition coefficient (Wildman–Crippen LogP) is 1.79. The molecule has 0 saturated carbocycles. The van der Waals surface area contributed by atoms with Crippen molar-refractivity contribution in [2.75, 3.05) is 13.2 Å². The van der Waals surface area contributed by atoms with Crippen molar-refractivity contribution in [1.82, 2.24) is 14.5 Å². The summed E-state index contributed by atoms with van der Waals surface area (Å²) in [5.74, 6) is 1.47. The minimum Gasteiger partial charge on any atom is -0.508 e. The van der Waals surface area contributed by atoms with Crippen LogP contribution in [0.4, 0.5) is 0 Å². The first kappa shape index (κ1) is 16.6. The van der Waals surface area contributed by atoms with Crippen molar-refractivity contribution in [2.24, 2.45) is 0 Å². The molecule has 1 aromatic carbocycles. The van der Waals surface area contributed by atoms with Gasteiger partial charge in [0.1, 0.15) is 19.0 Å². The van der Waals surface area contributed by atoms with Crippen LogP contribution in [0.25, 0.3) is 11.3 Å². The number of hydrogen-bond donors (Lipinski definition) is 1. The van der Waals surface area contributed by atoms with Crippen LogP contribution in [-0.4, -0.2) is 39.0 Å². The van der Waals surface area contributed by atoms with Gasteiger partial charge in [-0.25, -0.2) is 9.78 Å². The molecule has 0 spiro atoms. The molecule has 0 aliphatic carbocycles. The van der Waals surface area contributed by atoms with Crippen molar-refractivity contribution in [3.05, 3.63) is 58.6 Å². The van der Waals surface area contributed by atoms with Crippen molar-refractivity contribution in [1.29, 1.82) is 0 Å². The van der Waals surface area contributed by atoms with Crippen LogP contribution in [0.3, 0.4) is 0 Å². The molecular weight excluding hydrogens is 362 g/mol. The second-order valence-electron chi connectivity index (χ2n) is 6.67. The van der Waals surface area contributed by atoms with E-state index in [0.717, 1.165) is 16.8 Å². The molecule has 2 aromatic heterocycles. The number of nitrogens with zero attached hydrogens (tertiary/aromatic N) is 3. The van der Waals surface area contributed by atoms with Crippen LogP contribution in [0.5, 0.6) is 23.3 Å². The molecular formula is C20H17N3O5. The van der Waals surface area contributed by atoms with Crippen LogP contribution in [0, 0.1) is 0 Å². The zero-order valence-electron chi connectivity index (χ0n) is 14.9. The van der Waals surface area contributed by atoms with Crippen molar-refractivity contribution < 1.29 is 19.3 Å². The topological polar surface area (TPSA) is 95.7 Å². The molecule has 0 fully saturated rings. The number of rotatable bonds is 3. The standard InChI is InChI=1S/C20H17N3O5/c24-13-3-4-15-12(8-13)5-7-23-16(15)9-18(22-20(23)25)26-10-14-11-27-19-17(28-14)2-1-6-21-19/h1-4,6,8-9,14,24H,5,7,10-11H2. The van der Waals surface area contributed by atoms with Gasteiger partial charge in [-0.15, -0.1) is 0 Å². The van der Waals surface area contributed by atoms with E-state index in [0.29, 0.717) is 31.2 Å². The lowest BCUT2D eigenvalue weighted by Crippen LogP contribution is -2.35. The molecule has 0 bridgehead atoms. The first-order chi connectivity index (χ1) is 13.7. The first-order valence-electron chi connectivity index (χ1n) is 8.99. The Morgan fingerprint density at radius 3 is 3.14 bits per heavy atom. The van der Waals surface area contributed by atoms with Crippen LogP contribution in [0.15, 0.2) is 47.4 Å². The molecule has 2 aliphatic heterocycles. The van der Waals surface area contributed by atoms with Crippen molar-refractivity contribution >= 4 is 0 Å². The third-order valence-corrected chi connectivity index (χ3v) is 4.81. The maximum Gasteiger partial charge on any atom is 0.351 e. The van der Waals surface area contributed by atoms with E-state index in [1.165, 1.54) is 0 Å². The largest absolute Gasteiger partial charge is 0.508 e. The fourth-order valence-corrected chi connectivity index (χ4v) is 3.49. The summed E-state index contributed by atoms with van der Waals surface area (Å²) in [6, 6.07) is 10.4. The van der Waals surface area contributed by atoms with Gasteiger partial charge in [0.05, 0.1) is 5.69 Å². The van der Waals surface area contributed by atoms with E-state index in [9.17, 15) is 9.90 Å². The number of ether oxygens (including phenoxy) is 3. The molecule has 4 heterocycles. The van der Waals surface area contributed by atoms with Crippen molar-refractivity contribution in [3.63, 3.8) is 0 Å². The average Bonchev–Trinajstić information content (AvgIpc) is 2.71. The zero-order valence-corrected chi connectivity index (χ0v) is 14.9. The minimum absolute atomic E-state index is 0.187. The minimum atomic E-state index is -0.360. The van der Waals surface area contributed by atoms with Gasteiger partial charge in [-0.2, -0.15) is 4.98 Å². The van der Waals surface area contributed by atoms with Gasteiger partial charge in [-0.3, -0.25) is 4.57 Å². The number of aromatic hydroxyl groups is 1. The second-order valence-corrected chi connectivity index (χ2v) is 6.67. The lowest BCUT2D eigenvalue weighted by atomic mass is 9.97. The summed E-state index contributed by atoms with van der Waals surface area (Å²) in [4.78, 5) is 20.6. The molecule has 5 rings (SSSR count). The highest BCUT2D eigenvalue weighted by Gasteiger charge is 2.24. The number of benzene rings is 1. The van der Waals surface area contributed by atoms with Gasteiger partial charge in [-0.1, -0.05) is 0 Å². The molecule has 8 nitrogen and oxygen atoms in total. The van der Waals surface area contributed by atoms with E-state index in [1.54, 1.807) is 47.2 Å². The third-order valence-electron chi connectivity index (χ3n) is 4.81. The van der Waals surface area contributed by atoms with E-state index in [4.69, 9.17) is 14.2 Å². The lowest BCUT2D eigenvalue weighted by Gasteiger charge is -2.25.